The van der Waals surface area contributed by atoms with Crippen LogP contribution in [-0.4, -0.2) is 41.0 Å². The van der Waals surface area contributed by atoms with Gasteiger partial charge in [-0.15, -0.1) is 0 Å². The summed E-state index contributed by atoms with van der Waals surface area (Å²) in [6.07, 6.45) is 3.07. The summed E-state index contributed by atoms with van der Waals surface area (Å²) >= 11 is 0. The molecule has 4 nitrogen and oxygen atoms in total. The molecule has 1 aromatic carbocycles. The van der Waals surface area contributed by atoms with Gasteiger partial charge in [0.05, 0.1) is 22.9 Å². The second-order valence-corrected chi connectivity index (χ2v) is 4.96. The molecule has 108 valence electrons. The monoisotopic (exact) mass is 272 g/mol. The van der Waals surface area contributed by atoms with Gasteiger partial charge in [0.2, 0.25) is 0 Å². The standard InChI is InChI=1S/C16H24N4/c1-3-10-20(4-2)11-9-17-12-14-13-18-15-7-5-6-8-16(15)19-14/h5-8,13,17H,3-4,9-12H2,1-2H3. The lowest BCUT2D eigenvalue weighted by Crippen LogP contribution is -2.32. The maximum absolute atomic E-state index is 4.61. The summed E-state index contributed by atoms with van der Waals surface area (Å²) in [5.74, 6) is 0. The third-order valence-electron chi connectivity index (χ3n) is 3.40. The molecule has 0 amide bonds. The van der Waals surface area contributed by atoms with E-state index in [-0.39, 0.29) is 0 Å². The fourth-order valence-electron chi connectivity index (χ4n) is 2.28. The van der Waals surface area contributed by atoms with E-state index >= 15 is 0 Å². The maximum atomic E-state index is 4.61. The number of nitrogens with one attached hydrogen (secondary N) is 1. The number of hydrogen-bond donors (Lipinski definition) is 1. The Kier molecular flexibility index (Phi) is 5.89. The van der Waals surface area contributed by atoms with Gasteiger partial charge in [0.15, 0.2) is 0 Å². The number of hydrogen-bond acceptors (Lipinski definition) is 4. The average Bonchev–Trinajstić information content (AvgIpc) is 2.50. The molecule has 2 aromatic rings. The van der Waals surface area contributed by atoms with Crippen molar-refractivity contribution >= 4 is 11.0 Å². The van der Waals surface area contributed by atoms with Gasteiger partial charge in [0.1, 0.15) is 0 Å². The van der Waals surface area contributed by atoms with Crippen molar-refractivity contribution in [1.82, 2.24) is 20.2 Å². The first-order chi connectivity index (χ1) is 9.83. The van der Waals surface area contributed by atoms with E-state index < -0.39 is 0 Å². The smallest absolute Gasteiger partial charge is 0.0890 e. The molecule has 0 radical (unpaired) electrons. The van der Waals surface area contributed by atoms with Crippen LogP contribution in [-0.2, 0) is 6.54 Å². The van der Waals surface area contributed by atoms with Crippen LogP contribution in [0.1, 0.15) is 26.0 Å². The molecule has 0 atom stereocenters. The molecule has 4 heteroatoms. The lowest BCUT2D eigenvalue weighted by atomic mass is 10.3. The van der Waals surface area contributed by atoms with Gasteiger partial charge in [0, 0.05) is 19.6 Å². The van der Waals surface area contributed by atoms with Crippen LogP contribution in [0.25, 0.3) is 11.0 Å². The summed E-state index contributed by atoms with van der Waals surface area (Å²) in [4.78, 5) is 11.5. The first-order valence-corrected chi connectivity index (χ1v) is 7.47. The Morgan fingerprint density at radius 1 is 1.10 bits per heavy atom. The normalized spacial score (nSPS) is 11.3. The van der Waals surface area contributed by atoms with E-state index in [4.69, 9.17) is 0 Å². The van der Waals surface area contributed by atoms with Crippen molar-refractivity contribution < 1.29 is 0 Å². The van der Waals surface area contributed by atoms with Crippen LogP contribution in [0.5, 0.6) is 0 Å². The lowest BCUT2D eigenvalue weighted by molar-refractivity contribution is 0.287. The van der Waals surface area contributed by atoms with Crippen molar-refractivity contribution in [2.75, 3.05) is 26.2 Å². The molecular formula is C16H24N4. The highest BCUT2D eigenvalue weighted by atomic mass is 15.1. The summed E-state index contributed by atoms with van der Waals surface area (Å²) in [7, 11) is 0. The van der Waals surface area contributed by atoms with Gasteiger partial charge < -0.3 is 10.2 Å². The van der Waals surface area contributed by atoms with E-state index in [1.54, 1.807) is 0 Å². The summed E-state index contributed by atoms with van der Waals surface area (Å²) in [5.41, 5.74) is 2.92. The fourth-order valence-corrected chi connectivity index (χ4v) is 2.28. The quantitative estimate of drug-likeness (QED) is 0.749. The van der Waals surface area contributed by atoms with Gasteiger partial charge in [-0.2, -0.15) is 0 Å². The van der Waals surface area contributed by atoms with Gasteiger partial charge in [0.25, 0.3) is 0 Å². The molecule has 0 saturated heterocycles. The van der Waals surface area contributed by atoms with Crippen LogP contribution in [0, 0.1) is 0 Å². The maximum Gasteiger partial charge on any atom is 0.0890 e. The SMILES string of the molecule is CCCN(CC)CCNCc1cnc2ccccc2n1. The van der Waals surface area contributed by atoms with Crippen molar-refractivity contribution in [2.45, 2.75) is 26.8 Å². The Balaban J connectivity index is 1.80. The molecule has 1 aromatic heterocycles. The number of benzene rings is 1. The highest BCUT2D eigenvalue weighted by molar-refractivity contribution is 5.73. The van der Waals surface area contributed by atoms with Crippen molar-refractivity contribution in [3.05, 3.63) is 36.2 Å². The number of para-hydroxylation sites is 2. The van der Waals surface area contributed by atoms with Crippen LogP contribution in [0.3, 0.4) is 0 Å². The van der Waals surface area contributed by atoms with Gasteiger partial charge in [-0.25, -0.2) is 4.98 Å². The molecule has 1 N–H and O–H groups in total. The van der Waals surface area contributed by atoms with Crippen molar-refractivity contribution in [3.8, 4) is 0 Å². The Morgan fingerprint density at radius 3 is 2.65 bits per heavy atom. The van der Waals surface area contributed by atoms with E-state index in [0.29, 0.717) is 0 Å². The molecule has 0 aliphatic carbocycles. The number of nitrogens with zero attached hydrogens (tertiary/aromatic N) is 3. The van der Waals surface area contributed by atoms with Crippen LogP contribution in [0.4, 0.5) is 0 Å². The lowest BCUT2D eigenvalue weighted by Gasteiger charge is -2.19. The fraction of sp³-hybridized carbons (Fsp3) is 0.500. The van der Waals surface area contributed by atoms with Gasteiger partial charge in [-0.3, -0.25) is 4.98 Å². The van der Waals surface area contributed by atoms with Gasteiger partial charge in [-0.05, 0) is 31.6 Å². The minimum atomic E-state index is 0.779. The van der Waals surface area contributed by atoms with Crippen molar-refractivity contribution in [3.63, 3.8) is 0 Å². The average molecular weight is 272 g/mol. The summed E-state index contributed by atoms with van der Waals surface area (Å²) in [5, 5.41) is 3.45. The van der Waals surface area contributed by atoms with Gasteiger partial charge in [-0.1, -0.05) is 26.0 Å². The summed E-state index contributed by atoms with van der Waals surface area (Å²) < 4.78 is 0. The molecule has 0 saturated carbocycles. The Hall–Kier alpha value is -1.52. The Labute approximate surface area is 121 Å². The van der Waals surface area contributed by atoms with Crippen LogP contribution in [0.2, 0.25) is 0 Å². The van der Waals surface area contributed by atoms with Crippen molar-refractivity contribution in [2.24, 2.45) is 0 Å². The van der Waals surface area contributed by atoms with Crippen molar-refractivity contribution in [1.29, 1.82) is 0 Å². The van der Waals surface area contributed by atoms with E-state index in [9.17, 15) is 0 Å². The molecule has 2 rings (SSSR count). The molecule has 1 heterocycles. The third-order valence-corrected chi connectivity index (χ3v) is 3.40. The van der Waals surface area contributed by atoms with Crippen LogP contribution < -0.4 is 5.32 Å². The summed E-state index contributed by atoms with van der Waals surface area (Å²) in [6, 6.07) is 7.98. The van der Waals surface area contributed by atoms with E-state index in [2.05, 4.69) is 34.0 Å². The molecule has 0 fully saturated rings. The zero-order valence-electron chi connectivity index (χ0n) is 12.5. The highest BCUT2D eigenvalue weighted by Crippen LogP contribution is 2.08. The Bertz CT molecular complexity index is 527. The molecule has 0 spiro atoms. The molecular weight excluding hydrogens is 248 g/mol. The predicted molar refractivity (Wildman–Crippen MR) is 83.6 cm³/mol. The summed E-state index contributed by atoms with van der Waals surface area (Å²) in [6.45, 7) is 9.58. The molecule has 0 unspecified atom stereocenters. The molecule has 0 aliphatic rings. The number of aromatic nitrogens is 2. The molecule has 0 bridgehead atoms. The molecule has 0 aliphatic heterocycles. The highest BCUT2D eigenvalue weighted by Gasteiger charge is 2.01. The third kappa shape index (κ3) is 4.25. The minimum Gasteiger partial charge on any atom is -0.310 e. The zero-order valence-corrected chi connectivity index (χ0v) is 12.5. The topological polar surface area (TPSA) is 41.0 Å². The number of likely N-dealkylation sites (N-methyl/N-ethyl adjacent to an activating group) is 1. The van der Waals surface area contributed by atoms with Gasteiger partial charge >= 0.3 is 0 Å². The van der Waals surface area contributed by atoms with E-state index in [1.807, 2.05) is 30.5 Å². The largest absolute Gasteiger partial charge is 0.310 e. The zero-order chi connectivity index (χ0) is 14.2. The second-order valence-electron chi connectivity index (χ2n) is 4.96. The first-order valence-electron chi connectivity index (χ1n) is 7.47. The minimum absolute atomic E-state index is 0.779. The predicted octanol–water partition coefficient (Wildman–Crippen LogP) is 2.45. The van der Waals surface area contributed by atoms with E-state index in [1.165, 1.54) is 13.0 Å². The van der Waals surface area contributed by atoms with Crippen LogP contribution in [0.15, 0.2) is 30.5 Å². The number of fused-ring (bicyclic) bond motifs is 1. The van der Waals surface area contributed by atoms with E-state index in [0.717, 1.165) is 42.9 Å². The second kappa shape index (κ2) is 7.92. The van der Waals surface area contributed by atoms with Crippen LogP contribution >= 0.6 is 0 Å². The first kappa shape index (κ1) is 14.9. The Morgan fingerprint density at radius 2 is 1.90 bits per heavy atom. The number of rotatable bonds is 8. The molecule has 20 heavy (non-hydrogen) atoms.